The summed E-state index contributed by atoms with van der Waals surface area (Å²) in [5.74, 6) is -0.894. The van der Waals surface area contributed by atoms with Crippen LogP contribution in [-0.2, 0) is 14.4 Å². The smallest absolute Gasteiger partial charge is 0.248 e. The van der Waals surface area contributed by atoms with Crippen LogP contribution in [0.15, 0.2) is 42.5 Å². The number of thioether (sulfide) groups is 1. The zero-order valence-electron chi connectivity index (χ0n) is 24.4. The maximum Gasteiger partial charge on any atom is 0.248 e. The van der Waals surface area contributed by atoms with Gasteiger partial charge in [0.15, 0.2) is 0 Å². The molecule has 2 aromatic rings. The van der Waals surface area contributed by atoms with Gasteiger partial charge >= 0.3 is 0 Å². The van der Waals surface area contributed by atoms with E-state index in [2.05, 4.69) is 17.6 Å². The first-order valence-electron chi connectivity index (χ1n) is 14.7. The van der Waals surface area contributed by atoms with E-state index in [9.17, 15) is 19.5 Å². The average molecular weight is 580 g/mol. The Morgan fingerprint density at radius 1 is 1.02 bits per heavy atom. The van der Waals surface area contributed by atoms with Gasteiger partial charge in [0, 0.05) is 29.3 Å². The van der Waals surface area contributed by atoms with Crippen molar-refractivity contribution in [2.24, 2.45) is 11.8 Å². The molecule has 5 rings (SSSR count). The fourth-order valence-corrected chi connectivity index (χ4v) is 9.52. The summed E-state index contributed by atoms with van der Waals surface area (Å²) in [6, 6.07) is 12.5. The van der Waals surface area contributed by atoms with Gasteiger partial charge in [-0.3, -0.25) is 14.4 Å². The number of rotatable bonds is 11. The largest absolute Gasteiger partial charge is 0.494 e. The minimum Gasteiger partial charge on any atom is -0.494 e. The van der Waals surface area contributed by atoms with Gasteiger partial charge in [0.2, 0.25) is 17.7 Å². The lowest BCUT2D eigenvalue weighted by Gasteiger charge is -2.35. The molecule has 3 N–H and O–H groups in total. The molecule has 0 saturated carbocycles. The highest BCUT2D eigenvalue weighted by molar-refractivity contribution is 8.02. The number of likely N-dealkylation sites (tertiary alicyclic amines) is 1. The molecule has 2 bridgehead atoms. The number of unbranched alkanes of at least 4 members (excludes halogenated alkanes) is 2. The van der Waals surface area contributed by atoms with Gasteiger partial charge in [0.05, 0.1) is 23.2 Å². The number of anilines is 2. The van der Waals surface area contributed by atoms with Crippen LogP contribution < -0.4 is 15.4 Å². The molecular formula is C32H41N3O5S. The van der Waals surface area contributed by atoms with Gasteiger partial charge in [-0.2, -0.15) is 0 Å². The molecule has 41 heavy (non-hydrogen) atoms. The van der Waals surface area contributed by atoms with Crippen LogP contribution in [0.5, 0.6) is 5.75 Å². The zero-order valence-corrected chi connectivity index (χ0v) is 25.2. The summed E-state index contributed by atoms with van der Waals surface area (Å²) in [5.41, 5.74) is 3.36. The highest BCUT2D eigenvalue weighted by Crippen LogP contribution is 2.71. The van der Waals surface area contributed by atoms with E-state index in [1.807, 2.05) is 63.2 Å². The summed E-state index contributed by atoms with van der Waals surface area (Å²) < 4.78 is 4.40. The fraction of sp³-hybridized carbons (Fsp3) is 0.531. The number of aliphatic hydroxyl groups is 1. The van der Waals surface area contributed by atoms with Crippen LogP contribution in [0, 0.1) is 25.7 Å². The Bertz CT molecular complexity index is 1300. The van der Waals surface area contributed by atoms with E-state index in [4.69, 9.17) is 4.74 Å². The number of hydrogen-bond acceptors (Lipinski definition) is 6. The van der Waals surface area contributed by atoms with Crippen molar-refractivity contribution in [1.29, 1.82) is 0 Å². The van der Waals surface area contributed by atoms with Crippen molar-refractivity contribution >= 4 is 40.9 Å². The van der Waals surface area contributed by atoms with Crippen LogP contribution in [0.25, 0.3) is 0 Å². The van der Waals surface area contributed by atoms with Crippen LogP contribution >= 0.6 is 11.8 Å². The molecule has 3 aliphatic rings. The van der Waals surface area contributed by atoms with Crippen molar-refractivity contribution in [3.63, 3.8) is 0 Å². The SMILES string of the molecule is CCOc1ccc(NC(=O)[C@@H]2[C@H]3C(=O)N(CCCCCO)C(C(=O)Nc4c(C)cccc4C)C34CC[C@@]2(C)S4)cc1. The molecule has 8 nitrogen and oxygen atoms in total. The number of carbonyl (C=O) groups is 3. The van der Waals surface area contributed by atoms with Crippen LogP contribution in [0.2, 0.25) is 0 Å². The molecule has 5 atom stereocenters. The quantitative estimate of drug-likeness (QED) is 0.326. The molecule has 3 saturated heterocycles. The standard InChI is InChI=1S/C32H41N3O5S/c1-5-40-23-14-12-22(13-15-23)33-28(37)24-25-30(39)35(18-7-6-8-19-36)27(32(25)17-16-31(24,4)41-32)29(38)34-26-20(2)10-9-11-21(26)3/h9-15,24-25,27,36H,5-8,16-19H2,1-4H3,(H,33,37)(H,34,38)/t24-,25-,27?,31+,32?/m0/s1. The van der Waals surface area contributed by atoms with Gasteiger partial charge < -0.3 is 25.4 Å². The van der Waals surface area contributed by atoms with E-state index < -0.39 is 27.4 Å². The summed E-state index contributed by atoms with van der Waals surface area (Å²) in [7, 11) is 0. The molecule has 9 heteroatoms. The zero-order chi connectivity index (χ0) is 29.4. The summed E-state index contributed by atoms with van der Waals surface area (Å²) >= 11 is 1.67. The average Bonchev–Trinajstić information content (AvgIpc) is 3.50. The van der Waals surface area contributed by atoms with E-state index >= 15 is 0 Å². The molecule has 3 heterocycles. The van der Waals surface area contributed by atoms with Gasteiger partial charge in [0.25, 0.3) is 0 Å². The van der Waals surface area contributed by atoms with E-state index in [0.717, 1.165) is 35.4 Å². The summed E-state index contributed by atoms with van der Waals surface area (Å²) in [6.07, 6.45) is 3.56. The predicted molar refractivity (Wildman–Crippen MR) is 162 cm³/mol. The van der Waals surface area contributed by atoms with Crippen molar-refractivity contribution in [2.75, 3.05) is 30.4 Å². The molecule has 220 valence electrons. The lowest BCUT2D eigenvalue weighted by atomic mass is 9.66. The highest BCUT2D eigenvalue weighted by atomic mass is 32.2. The second kappa shape index (κ2) is 11.7. The number of fused-ring (bicyclic) bond motifs is 1. The topological polar surface area (TPSA) is 108 Å². The number of amides is 3. The van der Waals surface area contributed by atoms with Crippen molar-refractivity contribution in [3.8, 4) is 5.75 Å². The van der Waals surface area contributed by atoms with E-state index in [1.165, 1.54) is 0 Å². The van der Waals surface area contributed by atoms with E-state index in [-0.39, 0.29) is 24.3 Å². The Labute approximate surface area is 246 Å². The number of hydrogen-bond donors (Lipinski definition) is 3. The third-order valence-corrected chi connectivity index (χ3v) is 11.0. The van der Waals surface area contributed by atoms with Crippen LogP contribution in [0.4, 0.5) is 11.4 Å². The van der Waals surface area contributed by atoms with Crippen molar-refractivity contribution in [3.05, 3.63) is 53.6 Å². The van der Waals surface area contributed by atoms with Gasteiger partial charge in [-0.05, 0) is 95.2 Å². The first-order valence-corrected chi connectivity index (χ1v) is 15.5. The Morgan fingerprint density at radius 3 is 2.39 bits per heavy atom. The molecular weight excluding hydrogens is 538 g/mol. The monoisotopic (exact) mass is 579 g/mol. The Kier molecular flexibility index (Phi) is 8.39. The minimum absolute atomic E-state index is 0.0962. The third kappa shape index (κ3) is 5.23. The number of aliphatic hydroxyl groups excluding tert-OH is 1. The molecule has 1 spiro atoms. The Hall–Kier alpha value is -3.04. The summed E-state index contributed by atoms with van der Waals surface area (Å²) in [6.45, 7) is 9.01. The highest BCUT2D eigenvalue weighted by Gasteiger charge is 2.77. The molecule has 3 amide bonds. The number of benzene rings is 2. The summed E-state index contributed by atoms with van der Waals surface area (Å²) in [4.78, 5) is 44.1. The maximum absolute atomic E-state index is 14.2. The molecule has 2 unspecified atom stereocenters. The van der Waals surface area contributed by atoms with Crippen molar-refractivity contribution in [2.45, 2.75) is 75.3 Å². The maximum atomic E-state index is 14.2. The molecule has 2 aromatic carbocycles. The number of para-hydroxylation sites is 1. The number of nitrogens with one attached hydrogen (secondary N) is 2. The molecule has 0 radical (unpaired) electrons. The Morgan fingerprint density at radius 2 is 1.73 bits per heavy atom. The number of nitrogens with zero attached hydrogens (tertiary/aromatic N) is 1. The van der Waals surface area contributed by atoms with Gasteiger partial charge in [-0.1, -0.05) is 18.2 Å². The van der Waals surface area contributed by atoms with Gasteiger partial charge in [-0.15, -0.1) is 11.8 Å². The predicted octanol–water partition coefficient (Wildman–Crippen LogP) is 4.92. The fourth-order valence-electron chi connectivity index (χ4n) is 7.16. The van der Waals surface area contributed by atoms with Gasteiger partial charge in [-0.25, -0.2) is 0 Å². The number of aryl methyl sites for hydroxylation is 2. The lowest BCUT2D eigenvalue weighted by Crippen LogP contribution is -2.52. The molecule has 3 aliphatic heterocycles. The summed E-state index contributed by atoms with van der Waals surface area (Å²) in [5, 5.41) is 15.5. The number of carbonyl (C=O) groups excluding carboxylic acids is 3. The Balaban J connectivity index is 1.45. The van der Waals surface area contributed by atoms with E-state index in [0.29, 0.717) is 38.1 Å². The molecule has 0 aromatic heterocycles. The van der Waals surface area contributed by atoms with Crippen LogP contribution in [-0.4, -0.2) is 63.0 Å². The normalized spacial score (nSPS) is 28.1. The molecule has 0 aliphatic carbocycles. The lowest BCUT2D eigenvalue weighted by molar-refractivity contribution is -0.139. The first-order chi connectivity index (χ1) is 19.6. The second-order valence-electron chi connectivity index (χ2n) is 11.7. The minimum atomic E-state index is -0.678. The van der Waals surface area contributed by atoms with E-state index in [1.54, 1.807) is 16.7 Å². The van der Waals surface area contributed by atoms with Crippen molar-refractivity contribution in [1.82, 2.24) is 4.90 Å². The first kappa shape index (κ1) is 29.5. The third-order valence-electron chi connectivity index (χ3n) is 9.03. The number of ether oxygens (including phenoxy) is 1. The van der Waals surface area contributed by atoms with Crippen LogP contribution in [0.1, 0.15) is 57.1 Å². The molecule has 3 fully saturated rings. The van der Waals surface area contributed by atoms with Crippen LogP contribution in [0.3, 0.4) is 0 Å². The van der Waals surface area contributed by atoms with Crippen molar-refractivity contribution < 1.29 is 24.2 Å². The van der Waals surface area contributed by atoms with Gasteiger partial charge in [0.1, 0.15) is 11.8 Å². The second-order valence-corrected chi connectivity index (χ2v) is 13.6.